The van der Waals surface area contributed by atoms with Gasteiger partial charge in [-0.3, -0.25) is 4.79 Å². The van der Waals surface area contributed by atoms with Gasteiger partial charge in [0, 0.05) is 22.8 Å². The molecule has 0 unspecified atom stereocenters. The Hall–Kier alpha value is -2.79. The molecule has 0 fully saturated rings. The fraction of sp³-hybridized carbons (Fsp3) is 0.158. The number of nitrogens with zero attached hydrogens (tertiary/aromatic N) is 2. The van der Waals surface area contributed by atoms with Crippen LogP contribution in [0.5, 0.6) is 5.75 Å². The Labute approximate surface area is 151 Å². The standard InChI is InChI=1S/C19H18ClN3O2/c1-13-11-17(22-23(13)16-9-7-15(20)8-10-16)19(24)21-12-14-5-3-4-6-18(14)25-2/h3-11H,12H2,1-2H3,(H,21,24). The maximum absolute atomic E-state index is 12.4. The number of benzene rings is 2. The molecular weight excluding hydrogens is 338 g/mol. The highest BCUT2D eigenvalue weighted by Gasteiger charge is 2.14. The quantitative estimate of drug-likeness (QED) is 0.758. The number of aromatic nitrogens is 2. The molecule has 3 aromatic rings. The number of rotatable bonds is 5. The van der Waals surface area contributed by atoms with Gasteiger partial charge in [0.2, 0.25) is 0 Å². The van der Waals surface area contributed by atoms with Gasteiger partial charge < -0.3 is 10.1 Å². The minimum absolute atomic E-state index is 0.235. The second-order valence-electron chi connectivity index (χ2n) is 5.55. The third-order valence-corrected chi connectivity index (χ3v) is 4.08. The molecule has 2 aromatic carbocycles. The van der Waals surface area contributed by atoms with Crippen LogP contribution in [0.3, 0.4) is 0 Å². The molecule has 0 bridgehead atoms. The van der Waals surface area contributed by atoms with Crippen LogP contribution in [-0.4, -0.2) is 22.8 Å². The lowest BCUT2D eigenvalue weighted by atomic mass is 10.2. The molecule has 0 aliphatic rings. The van der Waals surface area contributed by atoms with Crippen molar-refractivity contribution in [3.8, 4) is 11.4 Å². The van der Waals surface area contributed by atoms with Crippen LogP contribution in [0.1, 0.15) is 21.7 Å². The van der Waals surface area contributed by atoms with Crippen molar-refractivity contribution < 1.29 is 9.53 Å². The van der Waals surface area contributed by atoms with E-state index >= 15 is 0 Å². The van der Waals surface area contributed by atoms with E-state index < -0.39 is 0 Å². The summed E-state index contributed by atoms with van der Waals surface area (Å²) in [4.78, 5) is 12.4. The number of carbonyl (C=O) groups excluding carboxylic acids is 1. The minimum atomic E-state index is -0.235. The number of aryl methyl sites for hydroxylation is 1. The average molecular weight is 356 g/mol. The summed E-state index contributed by atoms with van der Waals surface area (Å²) in [6, 6.07) is 16.6. The largest absolute Gasteiger partial charge is 0.496 e. The number of methoxy groups -OCH3 is 1. The molecule has 25 heavy (non-hydrogen) atoms. The van der Waals surface area contributed by atoms with Crippen molar-refractivity contribution in [2.24, 2.45) is 0 Å². The van der Waals surface area contributed by atoms with Crippen LogP contribution < -0.4 is 10.1 Å². The maximum atomic E-state index is 12.4. The number of para-hydroxylation sites is 1. The Morgan fingerprint density at radius 1 is 1.20 bits per heavy atom. The Bertz CT molecular complexity index is 888. The molecule has 3 rings (SSSR count). The Balaban J connectivity index is 1.75. The molecule has 0 radical (unpaired) electrons. The van der Waals surface area contributed by atoms with Gasteiger partial charge in [-0.15, -0.1) is 0 Å². The molecule has 0 saturated heterocycles. The van der Waals surface area contributed by atoms with Gasteiger partial charge in [-0.05, 0) is 43.3 Å². The van der Waals surface area contributed by atoms with E-state index in [1.807, 2.05) is 43.3 Å². The van der Waals surface area contributed by atoms with Gasteiger partial charge in [0.25, 0.3) is 5.91 Å². The first kappa shape index (κ1) is 17.0. The summed E-state index contributed by atoms with van der Waals surface area (Å²) in [5, 5.41) is 7.93. The van der Waals surface area contributed by atoms with Crippen LogP contribution in [0.2, 0.25) is 5.02 Å². The highest BCUT2D eigenvalue weighted by atomic mass is 35.5. The van der Waals surface area contributed by atoms with Crippen molar-refractivity contribution in [1.82, 2.24) is 15.1 Å². The minimum Gasteiger partial charge on any atom is -0.496 e. The summed E-state index contributed by atoms with van der Waals surface area (Å²) >= 11 is 5.91. The van der Waals surface area contributed by atoms with Crippen molar-refractivity contribution in [3.05, 3.63) is 76.6 Å². The van der Waals surface area contributed by atoms with Gasteiger partial charge in [-0.25, -0.2) is 4.68 Å². The smallest absolute Gasteiger partial charge is 0.272 e. The van der Waals surface area contributed by atoms with Crippen LogP contribution in [0.4, 0.5) is 0 Å². The van der Waals surface area contributed by atoms with Gasteiger partial charge in [-0.1, -0.05) is 29.8 Å². The van der Waals surface area contributed by atoms with Crippen molar-refractivity contribution in [2.75, 3.05) is 7.11 Å². The topological polar surface area (TPSA) is 56.1 Å². The first-order valence-corrected chi connectivity index (χ1v) is 8.19. The Kier molecular flexibility index (Phi) is 5.05. The van der Waals surface area contributed by atoms with Gasteiger partial charge in [-0.2, -0.15) is 5.10 Å². The van der Waals surface area contributed by atoms with E-state index in [2.05, 4.69) is 10.4 Å². The molecule has 0 aliphatic carbocycles. The summed E-state index contributed by atoms with van der Waals surface area (Å²) in [5.74, 6) is 0.507. The predicted molar refractivity (Wildman–Crippen MR) is 97.5 cm³/mol. The number of ether oxygens (including phenoxy) is 1. The van der Waals surface area contributed by atoms with E-state index in [9.17, 15) is 4.79 Å². The van der Waals surface area contributed by atoms with Gasteiger partial charge in [0.15, 0.2) is 5.69 Å². The lowest BCUT2D eigenvalue weighted by Gasteiger charge is -2.08. The van der Waals surface area contributed by atoms with Crippen molar-refractivity contribution in [1.29, 1.82) is 0 Å². The van der Waals surface area contributed by atoms with E-state index in [-0.39, 0.29) is 5.91 Å². The number of amides is 1. The fourth-order valence-corrected chi connectivity index (χ4v) is 2.67. The van der Waals surface area contributed by atoms with E-state index in [0.29, 0.717) is 17.3 Å². The zero-order chi connectivity index (χ0) is 17.8. The van der Waals surface area contributed by atoms with Crippen LogP contribution in [0.15, 0.2) is 54.6 Å². The van der Waals surface area contributed by atoms with Gasteiger partial charge in [0.1, 0.15) is 5.75 Å². The molecule has 0 aliphatic heterocycles. The SMILES string of the molecule is COc1ccccc1CNC(=O)c1cc(C)n(-c2ccc(Cl)cc2)n1. The molecule has 0 atom stereocenters. The summed E-state index contributed by atoms with van der Waals surface area (Å²) in [6.45, 7) is 2.27. The second kappa shape index (κ2) is 7.40. The van der Waals surface area contributed by atoms with Crippen LogP contribution in [0, 0.1) is 6.92 Å². The van der Waals surface area contributed by atoms with Crippen LogP contribution in [-0.2, 0) is 6.54 Å². The summed E-state index contributed by atoms with van der Waals surface area (Å²) in [7, 11) is 1.61. The van der Waals surface area contributed by atoms with E-state index in [0.717, 1.165) is 22.7 Å². The fourth-order valence-electron chi connectivity index (χ4n) is 2.54. The summed E-state index contributed by atoms with van der Waals surface area (Å²) in [6.07, 6.45) is 0. The zero-order valence-corrected chi connectivity index (χ0v) is 14.7. The third-order valence-electron chi connectivity index (χ3n) is 3.82. The average Bonchev–Trinajstić information content (AvgIpc) is 3.02. The lowest BCUT2D eigenvalue weighted by Crippen LogP contribution is -2.23. The van der Waals surface area contributed by atoms with E-state index in [4.69, 9.17) is 16.3 Å². The molecule has 1 aromatic heterocycles. The number of carbonyl (C=O) groups is 1. The van der Waals surface area contributed by atoms with E-state index in [1.54, 1.807) is 30.0 Å². The van der Waals surface area contributed by atoms with E-state index in [1.165, 1.54) is 0 Å². The Morgan fingerprint density at radius 2 is 1.92 bits per heavy atom. The highest BCUT2D eigenvalue weighted by molar-refractivity contribution is 6.30. The van der Waals surface area contributed by atoms with Crippen molar-refractivity contribution in [3.63, 3.8) is 0 Å². The molecule has 128 valence electrons. The molecule has 0 saturated carbocycles. The van der Waals surface area contributed by atoms with Crippen molar-refractivity contribution >= 4 is 17.5 Å². The first-order chi connectivity index (χ1) is 12.1. The summed E-state index contributed by atoms with van der Waals surface area (Å²) in [5.41, 5.74) is 2.99. The second-order valence-corrected chi connectivity index (χ2v) is 5.99. The monoisotopic (exact) mass is 355 g/mol. The number of halogens is 1. The Morgan fingerprint density at radius 3 is 2.64 bits per heavy atom. The predicted octanol–water partition coefficient (Wildman–Crippen LogP) is 3.77. The molecule has 1 amide bonds. The van der Waals surface area contributed by atoms with Crippen LogP contribution in [0.25, 0.3) is 5.69 Å². The molecule has 6 heteroatoms. The zero-order valence-electron chi connectivity index (χ0n) is 14.0. The van der Waals surface area contributed by atoms with Gasteiger partial charge in [0.05, 0.1) is 12.8 Å². The number of hydrogen-bond donors (Lipinski definition) is 1. The number of hydrogen-bond acceptors (Lipinski definition) is 3. The van der Waals surface area contributed by atoms with Crippen LogP contribution >= 0.6 is 11.6 Å². The normalized spacial score (nSPS) is 10.5. The molecule has 5 nitrogen and oxygen atoms in total. The molecular formula is C19H18ClN3O2. The van der Waals surface area contributed by atoms with Crippen molar-refractivity contribution in [2.45, 2.75) is 13.5 Å². The summed E-state index contributed by atoms with van der Waals surface area (Å²) < 4.78 is 7.01. The molecule has 1 heterocycles. The van der Waals surface area contributed by atoms with Gasteiger partial charge >= 0.3 is 0 Å². The number of nitrogens with one attached hydrogen (secondary N) is 1. The maximum Gasteiger partial charge on any atom is 0.272 e. The third kappa shape index (κ3) is 3.83. The lowest BCUT2D eigenvalue weighted by molar-refractivity contribution is 0.0945. The molecule has 1 N–H and O–H groups in total. The molecule has 0 spiro atoms. The highest BCUT2D eigenvalue weighted by Crippen LogP contribution is 2.18. The first-order valence-electron chi connectivity index (χ1n) is 7.81.